The molecule has 0 spiro atoms. The van der Waals surface area contributed by atoms with E-state index >= 15 is 0 Å². The van der Waals surface area contributed by atoms with Gasteiger partial charge in [0, 0.05) is 16.2 Å². The fourth-order valence-corrected chi connectivity index (χ4v) is 10.1. The Bertz CT molecular complexity index is 3050. The Morgan fingerprint density at radius 1 is 0.469 bits per heavy atom. The normalized spacial score (nSPS) is 14.4. The molecular weight excluding hydrogens is 957 g/mol. The summed E-state index contributed by atoms with van der Waals surface area (Å²) < 4.78 is 139. The maximum atomic E-state index is 12.9. The second kappa shape index (κ2) is 21.7. The van der Waals surface area contributed by atoms with Crippen molar-refractivity contribution in [3.8, 4) is 11.5 Å². The molecule has 1 fully saturated rings. The van der Waals surface area contributed by atoms with Crippen LogP contribution in [0.25, 0.3) is 21.5 Å². The number of rotatable bonds is 10. The molecule has 0 heterocycles. The average molecular weight is 985 g/mol. The van der Waals surface area contributed by atoms with Crippen LogP contribution in [0.4, 0.5) is 22.7 Å². The Hall–Kier alpha value is -1.72. The largest absolute Gasteiger partial charge is 1.00 e. The molecule has 1 aliphatic rings. The van der Waals surface area contributed by atoms with Crippen LogP contribution >= 0.6 is 0 Å². The van der Waals surface area contributed by atoms with Crippen molar-refractivity contribution in [1.82, 2.24) is 0 Å². The zero-order valence-electron chi connectivity index (χ0n) is 34.5. The van der Waals surface area contributed by atoms with Crippen molar-refractivity contribution in [2.24, 2.45) is 20.5 Å². The van der Waals surface area contributed by atoms with Gasteiger partial charge in [0.15, 0.2) is 0 Å². The summed E-state index contributed by atoms with van der Waals surface area (Å²) in [5.41, 5.74) is 0.761. The minimum Gasteiger partial charge on any atom is -0.871 e. The maximum absolute atomic E-state index is 12.9. The molecule has 0 aromatic heterocycles. The zero-order chi connectivity index (χ0) is 43.4. The van der Waals surface area contributed by atoms with Gasteiger partial charge in [0.25, 0.3) is 20.2 Å². The van der Waals surface area contributed by atoms with Crippen molar-refractivity contribution in [3.05, 3.63) is 108 Å². The van der Waals surface area contributed by atoms with E-state index in [1.54, 1.807) is 24.3 Å². The van der Waals surface area contributed by atoms with Gasteiger partial charge >= 0.3 is 118 Å². The second-order valence-electron chi connectivity index (χ2n) is 13.9. The predicted molar refractivity (Wildman–Crippen MR) is 207 cm³/mol. The number of benzene rings is 6. The van der Waals surface area contributed by atoms with E-state index in [2.05, 4.69) is 20.5 Å². The first-order valence-corrected chi connectivity index (χ1v) is 23.2. The quantitative estimate of drug-likeness (QED) is 0.0736. The summed E-state index contributed by atoms with van der Waals surface area (Å²) >= 11 is 0. The Balaban J connectivity index is 0.00000272. The van der Waals surface area contributed by atoms with Gasteiger partial charge in [-0.1, -0.05) is 79.3 Å². The van der Waals surface area contributed by atoms with Crippen LogP contribution in [0.5, 0.6) is 11.5 Å². The van der Waals surface area contributed by atoms with Gasteiger partial charge in [-0.3, -0.25) is 9.11 Å². The van der Waals surface area contributed by atoms with Crippen LogP contribution in [0.15, 0.2) is 137 Å². The molecule has 1 aliphatic carbocycles. The van der Waals surface area contributed by atoms with Crippen LogP contribution < -0.4 is 128 Å². The van der Waals surface area contributed by atoms with Crippen molar-refractivity contribution >= 4 is 84.8 Å². The molecule has 0 bridgehead atoms. The van der Waals surface area contributed by atoms with Gasteiger partial charge in [0.2, 0.25) is 0 Å². The van der Waals surface area contributed by atoms with Gasteiger partial charge in [-0.2, -0.15) is 37.3 Å². The Morgan fingerprint density at radius 2 is 0.812 bits per heavy atom. The van der Waals surface area contributed by atoms with Crippen LogP contribution in [0, 0.1) is 0 Å². The van der Waals surface area contributed by atoms with E-state index in [-0.39, 0.29) is 140 Å². The number of hydrogen-bond donors (Lipinski definition) is 2. The van der Waals surface area contributed by atoms with E-state index in [1.807, 2.05) is 24.3 Å². The SMILES string of the molecule is O=S(=O)([O-])c1cc(S(=O)(=O)O)c2c(N=Nc3ccc(C4(c5ccc(N=Nc6c([O-])ccc7cc(S(=O)(=O)[O-])cc(S(=O)(=O)O)c67)cc5)CCCCC4)cc3)c([O-])ccc2c1.[Na+].[Na+].[Na+].[Na+]. The molecule has 0 saturated heterocycles. The molecule has 0 aliphatic heterocycles. The summed E-state index contributed by atoms with van der Waals surface area (Å²) in [6.07, 6.45) is 4.27. The topological polar surface area (TPSA) is 319 Å². The Kier molecular flexibility index (Phi) is 19.2. The third-order valence-corrected chi connectivity index (χ3v) is 13.6. The fraction of sp³-hybridized carbons (Fsp3) is 0.158. The first kappa shape index (κ1) is 56.6. The van der Waals surface area contributed by atoms with E-state index in [0.717, 1.165) is 79.6 Å². The molecule has 6 aromatic rings. The van der Waals surface area contributed by atoms with Crippen LogP contribution in [0.3, 0.4) is 0 Å². The van der Waals surface area contributed by atoms with Gasteiger partial charge in [-0.15, -0.1) is 0 Å². The van der Waals surface area contributed by atoms with Crippen molar-refractivity contribution in [2.75, 3.05) is 0 Å². The molecule has 0 atom stereocenters. The smallest absolute Gasteiger partial charge is 0.871 e. The van der Waals surface area contributed by atoms with Crippen LogP contribution in [-0.2, 0) is 45.9 Å². The molecule has 64 heavy (non-hydrogen) atoms. The number of nitrogens with zero attached hydrogens (tertiary/aromatic N) is 4. The van der Waals surface area contributed by atoms with E-state index < -0.39 is 99.1 Å². The van der Waals surface area contributed by atoms with E-state index in [1.165, 1.54) is 0 Å². The fourth-order valence-electron chi connectivity index (χ4n) is 7.43. The Labute approximate surface area is 456 Å². The van der Waals surface area contributed by atoms with E-state index in [4.69, 9.17) is 0 Å². The van der Waals surface area contributed by atoms with Gasteiger partial charge in [-0.25, -0.2) is 16.8 Å². The predicted octanol–water partition coefficient (Wildman–Crippen LogP) is -5.46. The minimum absolute atomic E-state index is 0. The van der Waals surface area contributed by atoms with Gasteiger partial charge in [0.1, 0.15) is 30.0 Å². The van der Waals surface area contributed by atoms with Crippen LogP contribution in [-0.4, -0.2) is 51.9 Å². The van der Waals surface area contributed by atoms with Crippen molar-refractivity contribution in [1.29, 1.82) is 0 Å². The maximum Gasteiger partial charge on any atom is 1.00 e. The standard InChI is InChI=1S/C38H32N4O14S4.4Na/c43-30-14-4-22-18-28(57(45,46)47)20-32(59(51,52)53)34(22)36(30)41-39-26-10-6-24(7-11-26)38(16-2-1-3-17-38)25-8-12-27(13-9-25)40-42-37-31(44)15-5-23-19-29(58(48,49)50)21-33(35(23)37)60(54,55)56;;;;/h4-15,18-21,43-44H,1-3,16-17H2,(H,45,46,47)(H,48,49,50)(H,51,52,53)(H,54,55,56);;;;/q;4*+1/p-4. The summed E-state index contributed by atoms with van der Waals surface area (Å²) in [7, 11) is -20.6. The summed E-state index contributed by atoms with van der Waals surface area (Å²) in [4.78, 5) is -3.89. The molecule has 0 radical (unpaired) electrons. The zero-order valence-corrected chi connectivity index (χ0v) is 45.8. The average Bonchev–Trinajstić information content (AvgIpc) is 3.18. The summed E-state index contributed by atoms with van der Waals surface area (Å²) in [6.45, 7) is 0. The number of hydrogen-bond acceptors (Lipinski definition) is 16. The number of azo groups is 2. The van der Waals surface area contributed by atoms with E-state index in [0.29, 0.717) is 12.1 Å². The molecule has 312 valence electrons. The molecule has 18 nitrogen and oxygen atoms in total. The molecule has 2 N–H and O–H groups in total. The van der Waals surface area contributed by atoms with Crippen LogP contribution in [0.1, 0.15) is 43.2 Å². The molecule has 0 unspecified atom stereocenters. The third-order valence-electron chi connectivity index (χ3n) is 10.2. The molecular formula is C38H28N4Na4O14S4. The van der Waals surface area contributed by atoms with Crippen molar-refractivity contribution in [3.63, 3.8) is 0 Å². The molecule has 26 heteroatoms. The first-order valence-electron chi connectivity index (χ1n) is 17.5. The number of fused-ring (bicyclic) bond motifs is 2. The molecule has 0 amide bonds. The summed E-state index contributed by atoms with van der Waals surface area (Å²) in [6, 6.07) is 20.5. The van der Waals surface area contributed by atoms with Crippen LogP contribution in [0.2, 0.25) is 0 Å². The summed E-state index contributed by atoms with van der Waals surface area (Å²) in [5.74, 6) is -1.59. The minimum atomic E-state index is -5.15. The van der Waals surface area contributed by atoms with E-state index in [9.17, 15) is 62.1 Å². The molecule has 7 rings (SSSR count). The first-order chi connectivity index (χ1) is 28.1. The molecule has 1 saturated carbocycles. The third kappa shape index (κ3) is 12.1. The Morgan fingerprint density at radius 3 is 1.12 bits per heavy atom. The van der Waals surface area contributed by atoms with Gasteiger partial charge in [-0.05, 0) is 83.3 Å². The van der Waals surface area contributed by atoms with Crippen molar-refractivity contribution < 1.29 is 180 Å². The second-order valence-corrected chi connectivity index (χ2v) is 19.4. The van der Waals surface area contributed by atoms with Gasteiger partial charge in [0.05, 0.1) is 32.5 Å². The molecule has 6 aromatic carbocycles. The van der Waals surface area contributed by atoms with Gasteiger partial charge < -0.3 is 19.3 Å². The summed E-state index contributed by atoms with van der Waals surface area (Å²) in [5, 5.41) is 40.8. The van der Waals surface area contributed by atoms with Crippen molar-refractivity contribution in [2.45, 2.75) is 57.1 Å². The monoisotopic (exact) mass is 984 g/mol.